The van der Waals surface area contributed by atoms with Crippen LogP contribution < -0.4 is 5.73 Å². The summed E-state index contributed by atoms with van der Waals surface area (Å²) in [5.74, 6) is -0.515. The van der Waals surface area contributed by atoms with E-state index in [1.807, 2.05) is 6.07 Å². The van der Waals surface area contributed by atoms with E-state index in [-0.39, 0.29) is 12.3 Å². The molecule has 0 radical (unpaired) electrons. The first kappa shape index (κ1) is 14.4. The molecule has 20 heavy (non-hydrogen) atoms. The lowest BCUT2D eigenvalue weighted by atomic mass is 10.1. The quantitative estimate of drug-likeness (QED) is 0.666. The SMILES string of the molecule is CC(OC(=O)Cc1cccc(N)c1)C(=O)N1CCCC1. The molecule has 1 amide bonds. The zero-order valence-electron chi connectivity index (χ0n) is 11.7. The van der Waals surface area contributed by atoms with Gasteiger partial charge < -0.3 is 15.4 Å². The summed E-state index contributed by atoms with van der Waals surface area (Å²) in [7, 11) is 0. The van der Waals surface area contributed by atoms with Crippen LogP contribution >= 0.6 is 0 Å². The van der Waals surface area contributed by atoms with Crippen molar-refractivity contribution in [3.05, 3.63) is 29.8 Å². The number of esters is 1. The van der Waals surface area contributed by atoms with E-state index in [0.29, 0.717) is 5.69 Å². The van der Waals surface area contributed by atoms with Crippen LogP contribution in [0.15, 0.2) is 24.3 Å². The minimum atomic E-state index is -0.721. The van der Waals surface area contributed by atoms with Gasteiger partial charge >= 0.3 is 5.97 Å². The molecule has 1 heterocycles. The second-order valence-corrected chi connectivity index (χ2v) is 5.09. The number of nitrogens with two attached hydrogens (primary N) is 1. The van der Waals surface area contributed by atoms with E-state index in [4.69, 9.17) is 10.5 Å². The zero-order valence-corrected chi connectivity index (χ0v) is 11.7. The van der Waals surface area contributed by atoms with Gasteiger partial charge in [0.2, 0.25) is 0 Å². The minimum Gasteiger partial charge on any atom is -0.452 e. The Morgan fingerprint density at radius 3 is 2.70 bits per heavy atom. The molecule has 5 nitrogen and oxygen atoms in total. The molecular weight excluding hydrogens is 256 g/mol. The number of anilines is 1. The highest BCUT2D eigenvalue weighted by Gasteiger charge is 2.25. The Bertz CT molecular complexity index is 496. The standard InChI is InChI=1S/C15H20N2O3/c1-11(15(19)17-7-2-3-8-17)20-14(18)10-12-5-4-6-13(16)9-12/h4-6,9,11H,2-3,7-8,10,16H2,1H3. The van der Waals surface area contributed by atoms with Crippen molar-refractivity contribution in [1.29, 1.82) is 0 Å². The summed E-state index contributed by atoms with van der Waals surface area (Å²) in [6.07, 6.45) is 1.45. The average molecular weight is 276 g/mol. The molecule has 5 heteroatoms. The predicted octanol–water partition coefficient (Wildman–Crippen LogP) is 1.37. The molecule has 1 saturated heterocycles. The van der Waals surface area contributed by atoms with Crippen LogP contribution in [0.5, 0.6) is 0 Å². The molecule has 1 unspecified atom stereocenters. The van der Waals surface area contributed by atoms with Gasteiger partial charge in [0, 0.05) is 18.8 Å². The van der Waals surface area contributed by atoms with Crippen LogP contribution in [0.3, 0.4) is 0 Å². The van der Waals surface area contributed by atoms with E-state index in [9.17, 15) is 9.59 Å². The molecule has 108 valence electrons. The number of benzene rings is 1. The van der Waals surface area contributed by atoms with Crippen molar-refractivity contribution in [2.45, 2.75) is 32.3 Å². The van der Waals surface area contributed by atoms with E-state index in [2.05, 4.69) is 0 Å². The van der Waals surface area contributed by atoms with Crippen molar-refractivity contribution in [3.63, 3.8) is 0 Å². The van der Waals surface area contributed by atoms with Gasteiger partial charge in [-0.2, -0.15) is 0 Å². The zero-order chi connectivity index (χ0) is 14.5. The van der Waals surface area contributed by atoms with E-state index in [1.54, 1.807) is 30.0 Å². The van der Waals surface area contributed by atoms with Crippen molar-refractivity contribution in [2.75, 3.05) is 18.8 Å². The molecule has 2 rings (SSSR count). The molecule has 1 aromatic rings. The Morgan fingerprint density at radius 1 is 1.35 bits per heavy atom. The number of amides is 1. The number of nitrogen functional groups attached to an aromatic ring is 1. The number of likely N-dealkylation sites (tertiary alicyclic amines) is 1. The summed E-state index contributed by atoms with van der Waals surface area (Å²) in [5, 5.41) is 0. The molecule has 1 aliphatic rings. The highest BCUT2D eigenvalue weighted by atomic mass is 16.5. The predicted molar refractivity (Wildman–Crippen MR) is 75.9 cm³/mol. The fraction of sp³-hybridized carbons (Fsp3) is 0.467. The Morgan fingerprint density at radius 2 is 2.05 bits per heavy atom. The van der Waals surface area contributed by atoms with Gasteiger partial charge in [-0.1, -0.05) is 12.1 Å². The van der Waals surface area contributed by atoms with E-state index in [1.165, 1.54) is 0 Å². The first-order chi connectivity index (χ1) is 9.56. The van der Waals surface area contributed by atoms with Gasteiger partial charge in [-0.05, 0) is 37.5 Å². The Labute approximate surface area is 118 Å². The van der Waals surface area contributed by atoms with Gasteiger partial charge in [0.1, 0.15) is 0 Å². The number of hydrogen-bond donors (Lipinski definition) is 1. The minimum absolute atomic E-state index is 0.108. The Balaban J connectivity index is 1.85. The van der Waals surface area contributed by atoms with Crippen molar-refractivity contribution in [1.82, 2.24) is 4.90 Å². The summed E-state index contributed by atoms with van der Waals surface area (Å²) in [6, 6.07) is 7.09. The molecule has 0 aliphatic carbocycles. The summed E-state index contributed by atoms with van der Waals surface area (Å²) < 4.78 is 5.20. The van der Waals surface area contributed by atoms with E-state index >= 15 is 0 Å². The Hall–Kier alpha value is -2.04. The number of nitrogens with zero attached hydrogens (tertiary/aromatic N) is 1. The smallest absolute Gasteiger partial charge is 0.311 e. The second kappa shape index (κ2) is 6.41. The molecule has 1 fully saturated rings. The fourth-order valence-electron chi connectivity index (χ4n) is 2.35. The van der Waals surface area contributed by atoms with Crippen LogP contribution in [0.4, 0.5) is 5.69 Å². The lowest BCUT2D eigenvalue weighted by Gasteiger charge is -2.20. The van der Waals surface area contributed by atoms with Gasteiger partial charge in [-0.25, -0.2) is 0 Å². The van der Waals surface area contributed by atoms with Crippen LogP contribution in [0.2, 0.25) is 0 Å². The molecule has 0 spiro atoms. The summed E-state index contributed by atoms with van der Waals surface area (Å²) in [4.78, 5) is 25.6. The van der Waals surface area contributed by atoms with Crippen LogP contribution in [0.25, 0.3) is 0 Å². The molecular formula is C15H20N2O3. The average Bonchev–Trinajstić information content (AvgIpc) is 2.91. The van der Waals surface area contributed by atoms with Crippen molar-refractivity contribution >= 4 is 17.6 Å². The lowest BCUT2D eigenvalue weighted by molar-refractivity contribution is -0.158. The highest BCUT2D eigenvalue weighted by molar-refractivity contribution is 5.84. The third-order valence-electron chi connectivity index (χ3n) is 3.37. The third-order valence-corrected chi connectivity index (χ3v) is 3.37. The first-order valence-electron chi connectivity index (χ1n) is 6.89. The highest BCUT2D eigenvalue weighted by Crippen LogP contribution is 2.12. The van der Waals surface area contributed by atoms with Gasteiger partial charge in [-0.15, -0.1) is 0 Å². The number of carbonyl (C=O) groups excluding carboxylic acids is 2. The molecule has 0 aromatic heterocycles. The van der Waals surface area contributed by atoms with Crippen LogP contribution in [0.1, 0.15) is 25.3 Å². The fourth-order valence-corrected chi connectivity index (χ4v) is 2.35. The molecule has 1 atom stereocenters. The van der Waals surface area contributed by atoms with Crippen LogP contribution in [-0.4, -0.2) is 36.0 Å². The maximum atomic E-state index is 12.0. The maximum absolute atomic E-state index is 12.0. The summed E-state index contributed by atoms with van der Waals surface area (Å²) in [5.41, 5.74) is 7.05. The number of rotatable bonds is 4. The van der Waals surface area contributed by atoms with Crippen molar-refractivity contribution in [2.24, 2.45) is 0 Å². The molecule has 0 saturated carbocycles. The topological polar surface area (TPSA) is 72.6 Å². The molecule has 1 aliphatic heterocycles. The van der Waals surface area contributed by atoms with E-state index < -0.39 is 12.1 Å². The van der Waals surface area contributed by atoms with Crippen molar-refractivity contribution < 1.29 is 14.3 Å². The van der Waals surface area contributed by atoms with Crippen LogP contribution in [0, 0.1) is 0 Å². The van der Waals surface area contributed by atoms with E-state index in [0.717, 1.165) is 31.5 Å². The summed E-state index contributed by atoms with van der Waals surface area (Å²) in [6.45, 7) is 3.14. The first-order valence-corrected chi connectivity index (χ1v) is 6.89. The number of hydrogen-bond acceptors (Lipinski definition) is 4. The second-order valence-electron chi connectivity index (χ2n) is 5.09. The molecule has 1 aromatic carbocycles. The largest absolute Gasteiger partial charge is 0.452 e. The van der Waals surface area contributed by atoms with Gasteiger partial charge in [0.25, 0.3) is 5.91 Å². The summed E-state index contributed by atoms with van der Waals surface area (Å²) >= 11 is 0. The maximum Gasteiger partial charge on any atom is 0.311 e. The normalized spacial score (nSPS) is 15.9. The third kappa shape index (κ3) is 3.73. The number of carbonyl (C=O) groups is 2. The molecule has 2 N–H and O–H groups in total. The monoisotopic (exact) mass is 276 g/mol. The van der Waals surface area contributed by atoms with Crippen LogP contribution in [-0.2, 0) is 20.7 Å². The lowest BCUT2D eigenvalue weighted by Crippen LogP contribution is -2.38. The van der Waals surface area contributed by atoms with Gasteiger partial charge in [0.05, 0.1) is 6.42 Å². The molecule has 0 bridgehead atoms. The van der Waals surface area contributed by atoms with Crippen molar-refractivity contribution in [3.8, 4) is 0 Å². The number of ether oxygens (including phenoxy) is 1. The van der Waals surface area contributed by atoms with Gasteiger partial charge in [-0.3, -0.25) is 9.59 Å². The Kier molecular flexibility index (Phi) is 4.61. The van der Waals surface area contributed by atoms with Gasteiger partial charge in [0.15, 0.2) is 6.10 Å².